The summed E-state index contributed by atoms with van der Waals surface area (Å²) in [5, 5.41) is 0. The van der Waals surface area contributed by atoms with E-state index in [2.05, 4.69) is 0 Å². The van der Waals surface area contributed by atoms with E-state index in [4.69, 9.17) is 4.74 Å². The van der Waals surface area contributed by atoms with Crippen LogP contribution < -0.4 is 0 Å². The molecule has 1 aliphatic carbocycles. The highest BCUT2D eigenvalue weighted by atomic mass is 19.1. The summed E-state index contributed by atoms with van der Waals surface area (Å²) in [6.45, 7) is 1.26. The highest BCUT2D eigenvalue weighted by Gasteiger charge is 2.44. The second-order valence-electron chi connectivity index (χ2n) is 4.92. The molecular weight excluding hydrogens is 219 g/mol. The van der Waals surface area contributed by atoms with Crippen LogP contribution in [0.4, 0.5) is 4.39 Å². The molecule has 2 nitrogen and oxygen atoms in total. The number of carbonyl (C=O) groups is 1. The van der Waals surface area contributed by atoms with E-state index in [-0.39, 0.29) is 11.2 Å². The Bertz CT molecular complexity index is 461. The molecule has 0 bridgehead atoms. The number of carbonyl (C=O) groups excluding carboxylic acids is 1. The van der Waals surface area contributed by atoms with Crippen molar-refractivity contribution in [2.75, 3.05) is 13.2 Å². The van der Waals surface area contributed by atoms with Gasteiger partial charge in [-0.2, -0.15) is 0 Å². The van der Waals surface area contributed by atoms with Gasteiger partial charge in [0.2, 0.25) is 0 Å². The summed E-state index contributed by atoms with van der Waals surface area (Å²) in [6, 6.07) is 4.85. The Morgan fingerprint density at radius 3 is 2.71 bits per heavy atom. The molecule has 0 saturated carbocycles. The number of fused-ring (bicyclic) bond motifs is 2. The van der Waals surface area contributed by atoms with Crippen molar-refractivity contribution in [3.05, 3.63) is 35.1 Å². The maximum Gasteiger partial charge on any atom is 0.143 e. The van der Waals surface area contributed by atoms with Gasteiger partial charge in [-0.15, -0.1) is 0 Å². The van der Waals surface area contributed by atoms with Crippen LogP contribution >= 0.6 is 0 Å². The third kappa shape index (κ3) is 1.61. The van der Waals surface area contributed by atoms with E-state index in [9.17, 15) is 9.18 Å². The molecule has 0 unspecified atom stereocenters. The van der Waals surface area contributed by atoms with E-state index in [1.54, 1.807) is 12.1 Å². The van der Waals surface area contributed by atoms with Gasteiger partial charge in [-0.3, -0.25) is 4.79 Å². The van der Waals surface area contributed by atoms with Crippen molar-refractivity contribution in [2.45, 2.75) is 31.1 Å². The van der Waals surface area contributed by atoms with Gasteiger partial charge in [-0.1, -0.05) is 6.07 Å². The van der Waals surface area contributed by atoms with Gasteiger partial charge in [0.1, 0.15) is 11.6 Å². The summed E-state index contributed by atoms with van der Waals surface area (Å²) in [7, 11) is 0. The largest absolute Gasteiger partial charge is 0.381 e. The summed E-state index contributed by atoms with van der Waals surface area (Å²) in [5.41, 5.74) is 1.66. The van der Waals surface area contributed by atoms with E-state index in [1.165, 1.54) is 6.07 Å². The topological polar surface area (TPSA) is 26.3 Å². The zero-order valence-electron chi connectivity index (χ0n) is 9.67. The van der Waals surface area contributed by atoms with Crippen molar-refractivity contribution in [2.24, 2.45) is 0 Å². The normalized spacial score (nSPS) is 22.5. The molecule has 2 aliphatic rings. The lowest BCUT2D eigenvalue weighted by molar-refractivity contribution is -0.129. The summed E-state index contributed by atoms with van der Waals surface area (Å²) in [5.74, 6) is 0.0974. The van der Waals surface area contributed by atoms with Crippen LogP contribution in [0.3, 0.4) is 0 Å². The number of halogens is 1. The second kappa shape index (κ2) is 3.91. The van der Waals surface area contributed by atoms with Crippen molar-refractivity contribution < 1.29 is 13.9 Å². The number of hydrogen-bond acceptors (Lipinski definition) is 2. The molecule has 90 valence electrons. The van der Waals surface area contributed by atoms with E-state index in [0.717, 1.165) is 24.0 Å². The third-order valence-electron chi connectivity index (χ3n) is 4.08. The highest BCUT2D eigenvalue weighted by molar-refractivity contribution is 5.92. The minimum absolute atomic E-state index is 0.208. The van der Waals surface area contributed by atoms with Crippen LogP contribution in [0.15, 0.2) is 18.2 Å². The Hall–Kier alpha value is -1.22. The van der Waals surface area contributed by atoms with Gasteiger partial charge in [0.15, 0.2) is 0 Å². The molecule has 1 heterocycles. The molecule has 0 atom stereocenters. The van der Waals surface area contributed by atoms with Crippen molar-refractivity contribution >= 4 is 5.78 Å². The average molecular weight is 234 g/mol. The first-order valence-electron chi connectivity index (χ1n) is 6.12. The second-order valence-corrected chi connectivity index (χ2v) is 4.92. The Morgan fingerprint density at radius 1 is 1.18 bits per heavy atom. The molecule has 1 spiro atoms. The maximum absolute atomic E-state index is 13.2. The Balaban J connectivity index is 2.12. The lowest BCUT2D eigenvalue weighted by Crippen LogP contribution is -2.44. The van der Waals surface area contributed by atoms with E-state index in [1.807, 2.05) is 0 Å². The fraction of sp³-hybridized carbons (Fsp3) is 0.500. The smallest absolute Gasteiger partial charge is 0.143 e. The highest BCUT2D eigenvalue weighted by Crippen LogP contribution is 2.42. The fourth-order valence-electron chi connectivity index (χ4n) is 3.14. The van der Waals surface area contributed by atoms with E-state index in [0.29, 0.717) is 31.8 Å². The molecule has 0 amide bonds. The summed E-state index contributed by atoms with van der Waals surface area (Å²) >= 11 is 0. The molecule has 17 heavy (non-hydrogen) atoms. The van der Waals surface area contributed by atoms with Crippen LogP contribution in [-0.4, -0.2) is 19.0 Å². The average Bonchev–Trinajstić information content (AvgIpc) is 2.35. The predicted octanol–water partition coefficient (Wildman–Crippen LogP) is 2.39. The summed E-state index contributed by atoms with van der Waals surface area (Å²) < 4.78 is 18.6. The summed E-state index contributed by atoms with van der Waals surface area (Å²) in [4.78, 5) is 12.3. The molecule has 1 aromatic carbocycles. The Labute approximate surface area is 99.8 Å². The maximum atomic E-state index is 13.2. The van der Waals surface area contributed by atoms with Crippen molar-refractivity contribution in [3.8, 4) is 0 Å². The van der Waals surface area contributed by atoms with Gasteiger partial charge in [0.25, 0.3) is 0 Å². The molecule has 1 aromatic rings. The lowest BCUT2D eigenvalue weighted by atomic mass is 9.65. The van der Waals surface area contributed by atoms with Gasteiger partial charge in [-0.25, -0.2) is 4.39 Å². The summed E-state index contributed by atoms with van der Waals surface area (Å²) in [6.07, 6.45) is 2.69. The number of ether oxygens (including phenoxy) is 1. The fourth-order valence-corrected chi connectivity index (χ4v) is 3.14. The van der Waals surface area contributed by atoms with Gasteiger partial charge in [0.05, 0.1) is 5.41 Å². The van der Waals surface area contributed by atoms with Crippen LogP contribution in [-0.2, 0) is 21.4 Å². The number of benzene rings is 1. The number of rotatable bonds is 0. The first-order chi connectivity index (χ1) is 8.22. The van der Waals surface area contributed by atoms with Crippen LogP contribution in [0.5, 0.6) is 0 Å². The molecule has 3 heteroatoms. The van der Waals surface area contributed by atoms with Gasteiger partial charge in [-0.05, 0) is 42.5 Å². The van der Waals surface area contributed by atoms with Crippen LogP contribution in [0, 0.1) is 5.82 Å². The quantitative estimate of drug-likeness (QED) is 0.689. The van der Waals surface area contributed by atoms with E-state index < -0.39 is 0 Å². The molecule has 1 aliphatic heterocycles. The van der Waals surface area contributed by atoms with Crippen LogP contribution in [0.2, 0.25) is 0 Å². The zero-order valence-corrected chi connectivity index (χ0v) is 9.67. The van der Waals surface area contributed by atoms with Crippen LogP contribution in [0.1, 0.15) is 30.4 Å². The van der Waals surface area contributed by atoms with Gasteiger partial charge < -0.3 is 4.74 Å². The number of ketones is 1. The molecule has 3 rings (SSSR count). The standard InChI is InChI=1S/C14H15FO2/c15-11-2-3-12-10(9-11)1-4-13(16)14(12)5-7-17-8-6-14/h2-3,9H,1,4-8H2. The molecular formula is C14H15FO2. The molecule has 0 radical (unpaired) electrons. The molecule has 0 aromatic heterocycles. The molecule has 0 N–H and O–H groups in total. The first-order valence-corrected chi connectivity index (χ1v) is 6.12. The molecule has 1 fully saturated rings. The van der Waals surface area contributed by atoms with Gasteiger partial charge >= 0.3 is 0 Å². The minimum Gasteiger partial charge on any atom is -0.381 e. The van der Waals surface area contributed by atoms with Crippen molar-refractivity contribution in [1.29, 1.82) is 0 Å². The zero-order chi connectivity index (χ0) is 11.9. The first kappa shape index (κ1) is 10.9. The van der Waals surface area contributed by atoms with E-state index >= 15 is 0 Å². The number of Topliss-reactive ketones (excluding diaryl/α,β-unsaturated/α-hetero) is 1. The molecule has 1 saturated heterocycles. The Morgan fingerprint density at radius 2 is 1.94 bits per heavy atom. The SMILES string of the molecule is O=C1CCc2cc(F)ccc2C12CCOCC2. The Kier molecular flexibility index (Phi) is 2.51. The monoisotopic (exact) mass is 234 g/mol. The number of hydrogen-bond donors (Lipinski definition) is 0. The number of aryl methyl sites for hydroxylation is 1. The van der Waals surface area contributed by atoms with Crippen molar-refractivity contribution in [3.63, 3.8) is 0 Å². The third-order valence-corrected chi connectivity index (χ3v) is 4.08. The lowest BCUT2D eigenvalue weighted by Gasteiger charge is -2.40. The van der Waals surface area contributed by atoms with Gasteiger partial charge in [0, 0.05) is 19.6 Å². The van der Waals surface area contributed by atoms with Crippen molar-refractivity contribution in [1.82, 2.24) is 0 Å². The van der Waals surface area contributed by atoms with Crippen LogP contribution in [0.25, 0.3) is 0 Å². The minimum atomic E-state index is -0.389. The predicted molar refractivity (Wildman–Crippen MR) is 61.5 cm³/mol.